The summed E-state index contributed by atoms with van der Waals surface area (Å²) in [5.41, 5.74) is 1.07. The molecule has 0 aliphatic carbocycles. The van der Waals surface area contributed by atoms with E-state index >= 15 is 0 Å². The van der Waals surface area contributed by atoms with Gasteiger partial charge in [0.05, 0.1) is 5.69 Å². The molecule has 1 aromatic rings. The summed E-state index contributed by atoms with van der Waals surface area (Å²) >= 11 is 1.49. The molecule has 1 aliphatic rings. The van der Waals surface area contributed by atoms with Gasteiger partial charge in [0.25, 0.3) is 0 Å². The van der Waals surface area contributed by atoms with Crippen LogP contribution in [0.5, 0.6) is 0 Å². The van der Waals surface area contributed by atoms with Crippen molar-refractivity contribution >= 4 is 17.4 Å². The Balaban J connectivity index is 2.38. The van der Waals surface area contributed by atoms with Gasteiger partial charge in [-0.25, -0.2) is 0 Å². The minimum absolute atomic E-state index is 0.703. The molecule has 58 valence electrons. The van der Waals surface area contributed by atoms with Gasteiger partial charge in [0.15, 0.2) is 0 Å². The van der Waals surface area contributed by atoms with Gasteiger partial charge in [-0.2, -0.15) is 5.26 Å². The molecule has 0 atom stereocenters. The number of fused-ring (bicyclic) bond motifs is 1. The van der Waals surface area contributed by atoms with Crippen molar-refractivity contribution in [3.8, 4) is 6.07 Å². The van der Waals surface area contributed by atoms with Crippen molar-refractivity contribution in [3.63, 3.8) is 0 Å². The highest BCUT2D eigenvalue weighted by Crippen LogP contribution is 2.35. The van der Waals surface area contributed by atoms with Gasteiger partial charge in [0.1, 0.15) is 11.0 Å². The number of thioether (sulfide) groups is 1. The number of nitriles is 1. The summed E-state index contributed by atoms with van der Waals surface area (Å²) in [6.07, 6.45) is 1.73. The highest BCUT2D eigenvalue weighted by molar-refractivity contribution is 8.03. The molecule has 0 bridgehead atoms. The van der Waals surface area contributed by atoms with E-state index in [-0.39, 0.29) is 0 Å². The molecule has 0 unspecified atom stereocenters. The Bertz CT molecular complexity index is 376. The van der Waals surface area contributed by atoms with Crippen molar-refractivity contribution in [2.75, 3.05) is 5.32 Å². The molecule has 2 nitrogen and oxygen atoms in total. The molecule has 0 saturated heterocycles. The molecule has 12 heavy (non-hydrogen) atoms. The van der Waals surface area contributed by atoms with E-state index in [0.29, 0.717) is 4.91 Å². The second kappa shape index (κ2) is 2.92. The summed E-state index contributed by atoms with van der Waals surface area (Å²) in [7, 11) is 0. The molecule has 0 radical (unpaired) electrons. The van der Waals surface area contributed by atoms with Crippen molar-refractivity contribution in [1.29, 1.82) is 5.26 Å². The molecule has 0 fully saturated rings. The molecule has 0 amide bonds. The maximum Gasteiger partial charge on any atom is 0.108 e. The molecule has 1 N–H and O–H groups in total. The predicted molar refractivity (Wildman–Crippen MR) is 49.6 cm³/mol. The van der Waals surface area contributed by atoms with Crippen LogP contribution in [-0.4, -0.2) is 0 Å². The Labute approximate surface area is 74.9 Å². The zero-order valence-electron chi connectivity index (χ0n) is 6.24. The third kappa shape index (κ3) is 1.17. The van der Waals surface area contributed by atoms with Crippen LogP contribution in [0.2, 0.25) is 0 Å². The minimum atomic E-state index is 0.703. The molecule has 2 rings (SSSR count). The number of allylic oxidation sites excluding steroid dienone is 1. The molecule has 1 aliphatic heterocycles. The molecule has 0 aromatic heterocycles. The number of rotatable bonds is 0. The van der Waals surface area contributed by atoms with Gasteiger partial charge in [0.2, 0.25) is 0 Å². The number of nitrogens with one attached hydrogen (secondary N) is 1. The van der Waals surface area contributed by atoms with Gasteiger partial charge < -0.3 is 5.32 Å². The lowest BCUT2D eigenvalue weighted by Gasteiger charge is -2.12. The summed E-state index contributed by atoms with van der Waals surface area (Å²) in [4.78, 5) is 1.81. The largest absolute Gasteiger partial charge is 0.359 e. The molecular formula is C9H6N2S. The minimum Gasteiger partial charge on any atom is -0.359 e. The number of hydrogen-bond acceptors (Lipinski definition) is 3. The quantitative estimate of drug-likeness (QED) is 0.656. The first-order valence-corrected chi connectivity index (χ1v) is 4.35. The maximum atomic E-state index is 8.64. The second-order valence-corrected chi connectivity index (χ2v) is 3.45. The fraction of sp³-hybridized carbons (Fsp3) is 0. The van der Waals surface area contributed by atoms with E-state index in [1.165, 1.54) is 11.8 Å². The normalized spacial score (nSPS) is 13.8. The van der Waals surface area contributed by atoms with Crippen molar-refractivity contribution in [2.24, 2.45) is 0 Å². The number of nitrogens with zero attached hydrogens (tertiary/aromatic N) is 1. The summed E-state index contributed by atoms with van der Waals surface area (Å²) in [5, 5.41) is 11.7. The predicted octanol–water partition coefficient (Wildman–Crippen LogP) is 2.57. The summed E-state index contributed by atoms with van der Waals surface area (Å²) in [5.74, 6) is 0. The summed E-state index contributed by atoms with van der Waals surface area (Å²) < 4.78 is 0. The fourth-order valence-electron chi connectivity index (χ4n) is 1.02. The first-order chi connectivity index (χ1) is 5.90. The van der Waals surface area contributed by atoms with Crippen LogP contribution >= 0.6 is 11.8 Å². The highest BCUT2D eigenvalue weighted by atomic mass is 32.2. The van der Waals surface area contributed by atoms with Crippen LogP contribution in [0.4, 0.5) is 5.69 Å². The molecule has 0 saturated carbocycles. The summed E-state index contributed by atoms with van der Waals surface area (Å²) in [6, 6.07) is 10.0. The topological polar surface area (TPSA) is 35.8 Å². The van der Waals surface area contributed by atoms with Crippen LogP contribution in [-0.2, 0) is 0 Å². The number of hydrogen-bond donors (Lipinski definition) is 1. The van der Waals surface area contributed by atoms with Crippen molar-refractivity contribution in [3.05, 3.63) is 35.4 Å². The average molecular weight is 174 g/mol. The van der Waals surface area contributed by atoms with Gasteiger partial charge in [0, 0.05) is 11.1 Å². The van der Waals surface area contributed by atoms with E-state index in [4.69, 9.17) is 5.26 Å². The lowest BCUT2D eigenvalue weighted by Crippen LogP contribution is -1.96. The Kier molecular flexibility index (Phi) is 1.77. The lowest BCUT2D eigenvalue weighted by atomic mass is 10.3. The Hall–Kier alpha value is -1.40. The lowest BCUT2D eigenvalue weighted by molar-refractivity contribution is 1.39. The van der Waals surface area contributed by atoms with Crippen LogP contribution in [0.25, 0.3) is 0 Å². The highest BCUT2D eigenvalue weighted by Gasteiger charge is 2.09. The van der Waals surface area contributed by atoms with E-state index in [0.717, 1.165) is 10.6 Å². The van der Waals surface area contributed by atoms with Crippen LogP contribution in [0.3, 0.4) is 0 Å². The SMILES string of the molecule is N#CC1=CNc2ccccc2S1. The molecular weight excluding hydrogens is 168 g/mol. The number of para-hydroxylation sites is 1. The third-order valence-electron chi connectivity index (χ3n) is 1.58. The summed E-state index contributed by atoms with van der Waals surface area (Å²) in [6.45, 7) is 0. The zero-order chi connectivity index (χ0) is 8.39. The number of anilines is 1. The van der Waals surface area contributed by atoms with E-state index in [9.17, 15) is 0 Å². The van der Waals surface area contributed by atoms with Gasteiger partial charge in [-0.1, -0.05) is 23.9 Å². The molecule has 3 heteroatoms. The smallest absolute Gasteiger partial charge is 0.108 e. The van der Waals surface area contributed by atoms with E-state index in [1.807, 2.05) is 24.3 Å². The molecule has 1 aromatic carbocycles. The average Bonchev–Trinajstić information content (AvgIpc) is 2.17. The Morgan fingerprint density at radius 3 is 3.00 bits per heavy atom. The van der Waals surface area contributed by atoms with Gasteiger partial charge >= 0.3 is 0 Å². The van der Waals surface area contributed by atoms with Crippen LogP contribution in [0.15, 0.2) is 40.3 Å². The van der Waals surface area contributed by atoms with Crippen LogP contribution in [0.1, 0.15) is 0 Å². The van der Waals surface area contributed by atoms with E-state index < -0.39 is 0 Å². The van der Waals surface area contributed by atoms with Gasteiger partial charge in [-0.05, 0) is 12.1 Å². The Morgan fingerprint density at radius 2 is 2.17 bits per heavy atom. The third-order valence-corrected chi connectivity index (χ3v) is 2.58. The van der Waals surface area contributed by atoms with E-state index in [1.54, 1.807) is 6.20 Å². The Morgan fingerprint density at radius 1 is 1.33 bits per heavy atom. The first kappa shape index (κ1) is 7.26. The monoisotopic (exact) mass is 174 g/mol. The fourth-order valence-corrected chi connectivity index (χ4v) is 1.81. The van der Waals surface area contributed by atoms with Gasteiger partial charge in [-0.15, -0.1) is 0 Å². The van der Waals surface area contributed by atoms with Crippen LogP contribution < -0.4 is 5.32 Å². The second-order valence-electron chi connectivity index (χ2n) is 2.36. The van der Waals surface area contributed by atoms with Crippen LogP contribution in [0, 0.1) is 11.3 Å². The molecule has 0 spiro atoms. The standard InChI is InChI=1S/C9H6N2S/c10-5-7-6-11-8-3-1-2-4-9(8)12-7/h1-4,6,11H. The maximum absolute atomic E-state index is 8.64. The van der Waals surface area contributed by atoms with Crippen molar-refractivity contribution in [2.45, 2.75) is 4.90 Å². The van der Waals surface area contributed by atoms with E-state index in [2.05, 4.69) is 11.4 Å². The number of benzene rings is 1. The van der Waals surface area contributed by atoms with Crippen molar-refractivity contribution < 1.29 is 0 Å². The molecule has 1 heterocycles. The van der Waals surface area contributed by atoms with Gasteiger partial charge in [-0.3, -0.25) is 0 Å². The van der Waals surface area contributed by atoms with Crippen molar-refractivity contribution in [1.82, 2.24) is 0 Å². The zero-order valence-corrected chi connectivity index (χ0v) is 7.06. The first-order valence-electron chi connectivity index (χ1n) is 3.54.